The van der Waals surface area contributed by atoms with Crippen LogP contribution in [0.15, 0.2) is 36.5 Å². The average Bonchev–Trinajstić information content (AvgIpc) is 2.54. The van der Waals surface area contributed by atoms with Crippen LogP contribution in [0, 0.1) is 0 Å². The number of pyridine rings is 1. The van der Waals surface area contributed by atoms with Crippen molar-refractivity contribution in [2.24, 2.45) is 0 Å². The second-order valence-electron chi connectivity index (χ2n) is 5.79. The fraction of sp³-hybridized carbons (Fsp3) is 0.389. The summed E-state index contributed by atoms with van der Waals surface area (Å²) in [6.45, 7) is 3.66. The Labute approximate surface area is 136 Å². The van der Waals surface area contributed by atoms with E-state index in [0.29, 0.717) is 6.42 Å². The summed E-state index contributed by atoms with van der Waals surface area (Å²) in [5, 5.41) is 3.80. The maximum atomic E-state index is 12.4. The van der Waals surface area contributed by atoms with Gasteiger partial charge in [0.2, 0.25) is 5.91 Å². The highest BCUT2D eigenvalue weighted by Gasteiger charge is 2.35. The van der Waals surface area contributed by atoms with Crippen LogP contribution in [-0.4, -0.2) is 29.5 Å². The SMILES string of the molecule is CCC[C@](C)(NC(=O)Cc1cccc2cccnc12)C(=O)OC. The Morgan fingerprint density at radius 1 is 1.26 bits per heavy atom. The second kappa shape index (κ2) is 7.22. The number of rotatable bonds is 6. The molecule has 1 heterocycles. The summed E-state index contributed by atoms with van der Waals surface area (Å²) >= 11 is 0. The predicted molar refractivity (Wildman–Crippen MR) is 88.9 cm³/mol. The summed E-state index contributed by atoms with van der Waals surface area (Å²) < 4.78 is 4.82. The summed E-state index contributed by atoms with van der Waals surface area (Å²) in [5.74, 6) is -0.645. The number of para-hydroxylation sites is 1. The van der Waals surface area contributed by atoms with Crippen LogP contribution in [0.3, 0.4) is 0 Å². The van der Waals surface area contributed by atoms with Gasteiger partial charge in [-0.25, -0.2) is 4.79 Å². The Hall–Kier alpha value is -2.43. The zero-order chi connectivity index (χ0) is 16.9. The van der Waals surface area contributed by atoms with Crippen molar-refractivity contribution >= 4 is 22.8 Å². The van der Waals surface area contributed by atoms with Crippen molar-refractivity contribution in [1.82, 2.24) is 10.3 Å². The fourth-order valence-electron chi connectivity index (χ4n) is 2.78. The predicted octanol–water partition coefficient (Wildman–Crippen LogP) is 2.63. The van der Waals surface area contributed by atoms with Gasteiger partial charge in [0.15, 0.2) is 0 Å². The number of esters is 1. The molecule has 122 valence electrons. The molecular formula is C18H22N2O3. The Morgan fingerprint density at radius 3 is 2.70 bits per heavy atom. The van der Waals surface area contributed by atoms with E-state index in [1.165, 1.54) is 7.11 Å². The van der Waals surface area contributed by atoms with Crippen molar-refractivity contribution in [2.45, 2.75) is 38.6 Å². The number of benzene rings is 1. The zero-order valence-corrected chi connectivity index (χ0v) is 13.8. The van der Waals surface area contributed by atoms with E-state index in [2.05, 4.69) is 10.3 Å². The summed E-state index contributed by atoms with van der Waals surface area (Å²) in [7, 11) is 1.33. The van der Waals surface area contributed by atoms with Gasteiger partial charge in [-0.15, -0.1) is 0 Å². The van der Waals surface area contributed by atoms with Gasteiger partial charge in [0.1, 0.15) is 5.54 Å². The molecule has 0 spiro atoms. The van der Waals surface area contributed by atoms with Gasteiger partial charge in [-0.3, -0.25) is 9.78 Å². The quantitative estimate of drug-likeness (QED) is 0.832. The van der Waals surface area contributed by atoms with Crippen LogP contribution in [0.4, 0.5) is 0 Å². The third kappa shape index (κ3) is 3.86. The van der Waals surface area contributed by atoms with Crippen molar-refractivity contribution in [3.63, 3.8) is 0 Å². The number of hydrogen-bond donors (Lipinski definition) is 1. The molecule has 0 fully saturated rings. The molecule has 5 nitrogen and oxygen atoms in total. The van der Waals surface area contributed by atoms with Crippen LogP contribution in [0.5, 0.6) is 0 Å². The van der Waals surface area contributed by atoms with Crippen LogP contribution in [0.25, 0.3) is 10.9 Å². The first-order valence-electron chi connectivity index (χ1n) is 7.72. The molecule has 0 aliphatic carbocycles. The zero-order valence-electron chi connectivity index (χ0n) is 13.8. The minimum absolute atomic E-state index is 0.171. The second-order valence-corrected chi connectivity index (χ2v) is 5.79. The number of ether oxygens (including phenoxy) is 1. The molecule has 23 heavy (non-hydrogen) atoms. The molecule has 1 atom stereocenters. The molecular weight excluding hydrogens is 292 g/mol. The Kier molecular flexibility index (Phi) is 5.32. The van der Waals surface area contributed by atoms with Gasteiger partial charge in [-0.2, -0.15) is 0 Å². The first kappa shape index (κ1) is 16.9. The molecule has 2 aromatic rings. The average molecular weight is 314 g/mol. The fourth-order valence-corrected chi connectivity index (χ4v) is 2.78. The highest BCUT2D eigenvalue weighted by Crippen LogP contribution is 2.18. The minimum atomic E-state index is -1.00. The maximum absolute atomic E-state index is 12.4. The highest BCUT2D eigenvalue weighted by atomic mass is 16.5. The molecule has 0 aliphatic heterocycles. The van der Waals surface area contributed by atoms with Crippen LogP contribution in [-0.2, 0) is 20.7 Å². The molecule has 1 aromatic carbocycles. The monoisotopic (exact) mass is 314 g/mol. The smallest absolute Gasteiger partial charge is 0.331 e. The van der Waals surface area contributed by atoms with Crippen molar-refractivity contribution in [3.05, 3.63) is 42.1 Å². The molecule has 0 saturated carbocycles. The molecule has 1 aromatic heterocycles. The number of nitrogens with one attached hydrogen (secondary N) is 1. The molecule has 1 amide bonds. The molecule has 2 rings (SSSR count). The van der Waals surface area contributed by atoms with Gasteiger partial charge in [0.25, 0.3) is 0 Å². The molecule has 5 heteroatoms. The number of fused-ring (bicyclic) bond motifs is 1. The van der Waals surface area contributed by atoms with Crippen LogP contribution >= 0.6 is 0 Å². The molecule has 0 unspecified atom stereocenters. The lowest BCUT2D eigenvalue weighted by Crippen LogP contribution is -2.53. The Balaban J connectivity index is 2.19. The number of methoxy groups -OCH3 is 1. The van der Waals surface area contributed by atoms with E-state index in [0.717, 1.165) is 22.9 Å². The van der Waals surface area contributed by atoms with Gasteiger partial charge in [0.05, 0.1) is 19.0 Å². The van der Waals surface area contributed by atoms with Gasteiger partial charge in [0, 0.05) is 11.6 Å². The Bertz CT molecular complexity index is 709. The molecule has 0 bridgehead atoms. The van der Waals surface area contributed by atoms with Gasteiger partial charge < -0.3 is 10.1 Å². The van der Waals surface area contributed by atoms with E-state index in [1.807, 2.05) is 37.3 Å². The number of carbonyl (C=O) groups excluding carboxylic acids is 2. The summed E-state index contributed by atoms with van der Waals surface area (Å²) in [4.78, 5) is 28.7. The van der Waals surface area contributed by atoms with Crippen molar-refractivity contribution < 1.29 is 14.3 Å². The number of carbonyl (C=O) groups is 2. The number of hydrogen-bond acceptors (Lipinski definition) is 4. The summed E-state index contributed by atoms with van der Waals surface area (Å²) in [6.07, 6.45) is 3.17. The maximum Gasteiger partial charge on any atom is 0.331 e. The minimum Gasteiger partial charge on any atom is -0.467 e. The van der Waals surface area contributed by atoms with Gasteiger partial charge >= 0.3 is 5.97 Å². The third-order valence-corrected chi connectivity index (χ3v) is 3.87. The number of nitrogens with zero attached hydrogens (tertiary/aromatic N) is 1. The standard InChI is InChI=1S/C18H22N2O3/c1-4-10-18(2,17(22)23-3)20-15(21)12-14-8-5-7-13-9-6-11-19-16(13)14/h5-9,11H,4,10,12H2,1-3H3,(H,20,21)/t18-/m0/s1. The van der Waals surface area contributed by atoms with E-state index in [-0.39, 0.29) is 12.3 Å². The van der Waals surface area contributed by atoms with E-state index in [9.17, 15) is 9.59 Å². The van der Waals surface area contributed by atoms with E-state index in [1.54, 1.807) is 13.1 Å². The van der Waals surface area contributed by atoms with Crippen molar-refractivity contribution in [1.29, 1.82) is 0 Å². The number of amides is 1. The van der Waals surface area contributed by atoms with Gasteiger partial charge in [-0.1, -0.05) is 37.6 Å². The van der Waals surface area contributed by atoms with Crippen LogP contribution < -0.4 is 5.32 Å². The van der Waals surface area contributed by atoms with E-state index in [4.69, 9.17) is 4.74 Å². The summed E-state index contributed by atoms with van der Waals surface area (Å²) in [6, 6.07) is 9.56. The number of aromatic nitrogens is 1. The van der Waals surface area contributed by atoms with Crippen molar-refractivity contribution in [3.8, 4) is 0 Å². The highest BCUT2D eigenvalue weighted by molar-refractivity contribution is 5.91. The molecule has 0 aliphatic rings. The lowest BCUT2D eigenvalue weighted by Gasteiger charge is -2.27. The Morgan fingerprint density at radius 2 is 2.00 bits per heavy atom. The normalized spacial score (nSPS) is 13.3. The van der Waals surface area contributed by atoms with Crippen LogP contribution in [0.1, 0.15) is 32.3 Å². The van der Waals surface area contributed by atoms with E-state index >= 15 is 0 Å². The molecule has 0 radical (unpaired) electrons. The topological polar surface area (TPSA) is 68.3 Å². The molecule has 0 saturated heterocycles. The largest absolute Gasteiger partial charge is 0.467 e. The summed E-state index contributed by atoms with van der Waals surface area (Å²) in [5.41, 5.74) is 0.642. The molecule has 1 N–H and O–H groups in total. The van der Waals surface area contributed by atoms with Gasteiger partial charge in [-0.05, 0) is 25.0 Å². The lowest BCUT2D eigenvalue weighted by atomic mass is 9.95. The van der Waals surface area contributed by atoms with E-state index < -0.39 is 11.5 Å². The lowest BCUT2D eigenvalue weighted by molar-refractivity contribution is -0.150. The third-order valence-electron chi connectivity index (χ3n) is 3.87. The van der Waals surface area contributed by atoms with Crippen molar-refractivity contribution in [2.75, 3.05) is 7.11 Å². The van der Waals surface area contributed by atoms with Crippen LogP contribution in [0.2, 0.25) is 0 Å². The first-order valence-corrected chi connectivity index (χ1v) is 7.72. The first-order chi connectivity index (χ1) is 11.0.